The summed E-state index contributed by atoms with van der Waals surface area (Å²) in [5, 5.41) is 0. The molecule has 1 amide bonds. The Morgan fingerprint density at radius 3 is 2.33 bits per heavy atom. The van der Waals surface area contributed by atoms with Crippen LogP contribution in [0.25, 0.3) is 0 Å². The highest BCUT2D eigenvalue weighted by Crippen LogP contribution is 2.48. The molecule has 0 aromatic heterocycles. The van der Waals surface area contributed by atoms with Gasteiger partial charge >= 0.3 is 0 Å². The number of nitrogens with zero attached hydrogens (tertiary/aromatic N) is 1. The van der Waals surface area contributed by atoms with Crippen molar-refractivity contribution < 1.29 is 4.79 Å². The molecule has 0 spiro atoms. The maximum Gasteiger partial charge on any atom is 0.257 e. The number of carbonyl (C=O) groups excluding carboxylic acids is 1. The van der Waals surface area contributed by atoms with Gasteiger partial charge in [-0.1, -0.05) is 60.1 Å². The molecule has 0 saturated carbocycles. The molecule has 1 atom stereocenters. The zero-order chi connectivity index (χ0) is 12.8. The summed E-state index contributed by atoms with van der Waals surface area (Å²) in [6.45, 7) is 0. The first-order valence-electron chi connectivity index (χ1n) is 5.78. The van der Waals surface area contributed by atoms with Crippen molar-refractivity contribution in [1.82, 2.24) is 0 Å². The highest BCUT2D eigenvalue weighted by atomic mass is 35.5. The minimum Gasteiger partial charge on any atom is -0.313 e. The topological polar surface area (TPSA) is 20.3 Å². The molecule has 3 heteroatoms. The lowest BCUT2D eigenvalue weighted by molar-refractivity contribution is -0.119. The number of rotatable bonds is 1. The molecule has 0 saturated heterocycles. The normalized spacial score (nSPS) is 22.1. The van der Waals surface area contributed by atoms with Crippen molar-refractivity contribution in [3.63, 3.8) is 0 Å². The summed E-state index contributed by atoms with van der Waals surface area (Å²) in [5.41, 5.74) is 2.54. The standard InChI is InChI=1S/C15H12ClNO/c1-17-13-10-6-5-9-12(13)15(16,14(17)18)11-7-3-2-4-8-11/h2-10H,1H3. The monoisotopic (exact) mass is 257 g/mol. The Hall–Kier alpha value is -1.80. The highest BCUT2D eigenvalue weighted by Gasteiger charge is 2.49. The minimum atomic E-state index is -1.09. The van der Waals surface area contributed by atoms with E-state index in [1.165, 1.54) is 0 Å². The summed E-state index contributed by atoms with van der Waals surface area (Å²) in [5.74, 6) is -0.100. The Morgan fingerprint density at radius 1 is 1.00 bits per heavy atom. The summed E-state index contributed by atoms with van der Waals surface area (Å²) < 4.78 is 0. The third kappa shape index (κ3) is 1.33. The van der Waals surface area contributed by atoms with E-state index in [0.717, 1.165) is 16.8 Å². The van der Waals surface area contributed by atoms with E-state index in [4.69, 9.17) is 11.6 Å². The molecule has 1 aliphatic heterocycles. The second-order valence-electron chi connectivity index (χ2n) is 4.41. The van der Waals surface area contributed by atoms with E-state index in [1.807, 2.05) is 54.6 Å². The van der Waals surface area contributed by atoms with E-state index < -0.39 is 4.87 Å². The fraction of sp³-hybridized carbons (Fsp3) is 0.133. The van der Waals surface area contributed by atoms with Crippen molar-refractivity contribution in [3.8, 4) is 0 Å². The first kappa shape index (κ1) is 11.3. The molecule has 90 valence electrons. The van der Waals surface area contributed by atoms with Crippen molar-refractivity contribution in [2.24, 2.45) is 0 Å². The number of fused-ring (bicyclic) bond motifs is 1. The molecule has 0 N–H and O–H groups in total. The number of anilines is 1. The van der Waals surface area contributed by atoms with Crippen LogP contribution >= 0.6 is 11.6 Å². The minimum absolute atomic E-state index is 0.100. The maximum atomic E-state index is 12.5. The van der Waals surface area contributed by atoms with Crippen LogP contribution in [0.4, 0.5) is 5.69 Å². The molecular weight excluding hydrogens is 246 g/mol. The summed E-state index contributed by atoms with van der Waals surface area (Å²) in [7, 11) is 1.76. The van der Waals surface area contributed by atoms with Crippen molar-refractivity contribution in [3.05, 3.63) is 65.7 Å². The van der Waals surface area contributed by atoms with Crippen LogP contribution < -0.4 is 4.90 Å². The largest absolute Gasteiger partial charge is 0.313 e. The zero-order valence-corrected chi connectivity index (χ0v) is 10.7. The molecule has 2 nitrogen and oxygen atoms in total. The lowest BCUT2D eigenvalue weighted by Crippen LogP contribution is -2.34. The molecule has 0 radical (unpaired) electrons. The van der Waals surface area contributed by atoms with Gasteiger partial charge in [0.25, 0.3) is 5.91 Å². The number of likely N-dealkylation sites (N-methyl/N-ethyl adjacent to an activating group) is 1. The van der Waals surface area contributed by atoms with Crippen LogP contribution in [0.5, 0.6) is 0 Å². The summed E-state index contributed by atoms with van der Waals surface area (Å²) in [4.78, 5) is 13.0. The van der Waals surface area contributed by atoms with Crippen LogP contribution in [0.1, 0.15) is 11.1 Å². The smallest absolute Gasteiger partial charge is 0.257 e. The Labute approximate surface area is 111 Å². The van der Waals surface area contributed by atoms with Crippen LogP contribution in [-0.4, -0.2) is 13.0 Å². The van der Waals surface area contributed by atoms with Gasteiger partial charge in [-0.25, -0.2) is 0 Å². The van der Waals surface area contributed by atoms with Crippen LogP contribution in [0.15, 0.2) is 54.6 Å². The zero-order valence-electron chi connectivity index (χ0n) is 9.93. The number of alkyl halides is 1. The lowest BCUT2D eigenvalue weighted by Gasteiger charge is -2.21. The van der Waals surface area contributed by atoms with Crippen molar-refractivity contribution >= 4 is 23.2 Å². The van der Waals surface area contributed by atoms with Gasteiger partial charge in [-0.15, -0.1) is 0 Å². The fourth-order valence-corrected chi connectivity index (χ4v) is 2.87. The van der Waals surface area contributed by atoms with Crippen LogP contribution in [0, 0.1) is 0 Å². The Kier molecular flexibility index (Phi) is 2.42. The molecule has 0 bridgehead atoms. The van der Waals surface area contributed by atoms with Gasteiger partial charge < -0.3 is 4.90 Å². The Morgan fingerprint density at radius 2 is 1.61 bits per heavy atom. The first-order chi connectivity index (χ1) is 8.65. The molecule has 2 aromatic carbocycles. The quantitative estimate of drug-likeness (QED) is 0.719. The molecule has 2 aromatic rings. The van der Waals surface area contributed by atoms with Crippen molar-refractivity contribution in [1.29, 1.82) is 0 Å². The molecule has 1 heterocycles. The van der Waals surface area contributed by atoms with Gasteiger partial charge in [0.05, 0.1) is 0 Å². The molecule has 0 aliphatic carbocycles. The van der Waals surface area contributed by atoms with E-state index in [-0.39, 0.29) is 5.91 Å². The van der Waals surface area contributed by atoms with Gasteiger partial charge in [0.15, 0.2) is 4.87 Å². The van der Waals surface area contributed by atoms with Crippen LogP contribution in [0.2, 0.25) is 0 Å². The van der Waals surface area contributed by atoms with E-state index in [1.54, 1.807) is 11.9 Å². The van der Waals surface area contributed by atoms with Crippen LogP contribution in [0.3, 0.4) is 0 Å². The lowest BCUT2D eigenvalue weighted by atomic mass is 9.92. The van der Waals surface area contributed by atoms with Gasteiger partial charge in [0.2, 0.25) is 0 Å². The second-order valence-corrected chi connectivity index (χ2v) is 4.97. The summed E-state index contributed by atoms with van der Waals surface area (Å²) in [6, 6.07) is 17.1. The second kappa shape index (κ2) is 3.85. The van der Waals surface area contributed by atoms with Gasteiger partial charge in [-0.3, -0.25) is 4.79 Å². The van der Waals surface area contributed by atoms with E-state index in [0.29, 0.717) is 0 Å². The molecule has 3 rings (SSSR count). The number of halogens is 1. The number of benzene rings is 2. The molecule has 0 fully saturated rings. The number of hydrogen-bond acceptors (Lipinski definition) is 1. The fourth-order valence-electron chi connectivity index (χ4n) is 2.46. The van der Waals surface area contributed by atoms with E-state index >= 15 is 0 Å². The van der Waals surface area contributed by atoms with E-state index in [2.05, 4.69) is 0 Å². The summed E-state index contributed by atoms with van der Waals surface area (Å²) >= 11 is 6.68. The molecular formula is C15H12ClNO. The third-order valence-electron chi connectivity index (χ3n) is 3.41. The first-order valence-corrected chi connectivity index (χ1v) is 6.15. The number of amides is 1. The van der Waals surface area contributed by atoms with Crippen LogP contribution in [-0.2, 0) is 9.67 Å². The number of carbonyl (C=O) groups is 1. The predicted molar refractivity (Wildman–Crippen MR) is 72.9 cm³/mol. The SMILES string of the molecule is CN1C(=O)C(Cl)(c2ccccc2)c2ccccc21. The molecule has 1 aliphatic rings. The highest BCUT2D eigenvalue weighted by molar-refractivity contribution is 6.41. The van der Waals surface area contributed by atoms with E-state index in [9.17, 15) is 4.79 Å². The van der Waals surface area contributed by atoms with Gasteiger partial charge in [0, 0.05) is 18.3 Å². The van der Waals surface area contributed by atoms with Gasteiger partial charge in [-0.05, 0) is 11.6 Å². The number of para-hydroxylation sites is 1. The maximum absolute atomic E-state index is 12.5. The molecule has 18 heavy (non-hydrogen) atoms. The average molecular weight is 258 g/mol. The average Bonchev–Trinajstić information content (AvgIpc) is 2.64. The third-order valence-corrected chi connectivity index (χ3v) is 3.99. The Bertz CT molecular complexity index is 611. The van der Waals surface area contributed by atoms with Crippen molar-refractivity contribution in [2.45, 2.75) is 4.87 Å². The molecule has 1 unspecified atom stereocenters. The Balaban J connectivity index is 2.27. The van der Waals surface area contributed by atoms with Crippen molar-refractivity contribution in [2.75, 3.05) is 11.9 Å². The van der Waals surface area contributed by atoms with Gasteiger partial charge in [-0.2, -0.15) is 0 Å². The number of hydrogen-bond donors (Lipinski definition) is 0. The van der Waals surface area contributed by atoms with Gasteiger partial charge in [0.1, 0.15) is 0 Å². The summed E-state index contributed by atoms with van der Waals surface area (Å²) in [6.07, 6.45) is 0. The predicted octanol–water partition coefficient (Wildman–Crippen LogP) is 3.15.